The highest BCUT2D eigenvalue weighted by molar-refractivity contribution is 5.71. The third-order valence-corrected chi connectivity index (χ3v) is 4.33. The maximum atomic E-state index is 5.68. The van der Waals surface area contributed by atoms with E-state index in [1.807, 2.05) is 24.3 Å². The summed E-state index contributed by atoms with van der Waals surface area (Å²) < 4.78 is 16.0. The van der Waals surface area contributed by atoms with E-state index in [9.17, 15) is 0 Å². The molecule has 3 heteroatoms. The molecule has 1 unspecified atom stereocenters. The van der Waals surface area contributed by atoms with Crippen molar-refractivity contribution in [2.24, 2.45) is 0 Å². The molecule has 3 aromatic rings. The van der Waals surface area contributed by atoms with Crippen LogP contribution in [0.1, 0.15) is 0 Å². The molecule has 126 valence electrons. The first-order valence-corrected chi connectivity index (χ1v) is 8.41. The minimum absolute atomic E-state index is 0.283. The van der Waals surface area contributed by atoms with Gasteiger partial charge in [-0.3, -0.25) is 0 Å². The molecule has 1 fully saturated rings. The van der Waals surface area contributed by atoms with Gasteiger partial charge in [0.05, 0.1) is 13.7 Å². The summed E-state index contributed by atoms with van der Waals surface area (Å²) in [5.74, 6) is 1.75. The Labute approximate surface area is 147 Å². The standard InChI is InChI=1S/C22H20O3/c1-23-20-10-6-18(7-11-20)16-2-4-17(5-3-16)19-8-12-21(13-9-19)24-14-22-15-25-22/h2-13,22H,14-15H2,1H3. The molecule has 0 bridgehead atoms. The van der Waals surface area contributed by atoms with Crippen LogP contribution in [0.25, 0.3) is 22.3 Å². The van der Waals surface area contributed by atoms with Gasteiger partial charge < -0.3 is 14.2 Å². The maximum Gasteiger partial charge on any atom is 0.119 e. The average Bonchev–Trinajstić information content (AvgIpc) is 3.52. The Bertz CT molecular complexity index is 817. The highest BCUT2D eigenvalue weighted by Gasteiger charge is 2.22. The van der Waals surface area contributed by atoms with Crippen LogP contribution in [0.15, 0.2) is 72.8 Å². The lowest BCUT2D eigenvalue weighted by atomic mass is 10.0. The summed E-state index contributed by atoms with van der Waals surface area (Å²) in [5, 5.41) is 0. The molecule has 0 N–H and O–H groups in total. The Kier molecular flexibility index (Phi) is 4.40. The van der Waals surface area contributed by atoms with Gasteiger partial charge in [-0.1, -0.05) is 48.5 Å². The lowest BCUT2D eigenvalue weighted by Crippen LogP contribution is -2.03. The molecule has 3 aromatic carbocycles. The third-order valence-electron chi connectivity index (χ3n) is 4.33. The smallest absolute Gasteiger partial charge is 0.119 e. The zero-order valence-electron chi connectivity index (χ0n) is 14.1. The van der Waals surface area contributed by atoms with Crippen LogP contribution in [0.5, 0.6) is 11.5 Å². The van der Waals surface area contributed by atoms with Gasteiger partial charge in [-0.05, 0) is 46.5 Å². The van der Waals surface area contributed by atoms with E-state index in [-0.39, 0.29) is 6.10 Å². The predicted octanol–water partition coefficient (Wildman–Crippen LogP) is 4.81. The quantitative estimate of drug-likeness (QED) is 0.607. The van der Waals surface area contributed by atoms with Gasteiger partial charge in [0.1, 0.15) is 24.2 Å². The molecule has 1 atom stereocenters. The Morgan fingerprint density at radius 2 is 1.12 bits per heavy atom. The highest BCUT2D eigenvalue weighted by Crippen LogP contribution is 2.27. The van der Waals surface area contributed by atoms with E-state index in [4.69, 9.17) is 14.2 Å². The van der Waals surface area contributed by atoms with E-state index >= 15 is 0 Å². The molecule has 0 aliphatic carbocycles. The van der Waals surface area contributed by atoms with Crippen LogP contribution < -0.4 is 9.47 Å². The van der Waals surface area contributed by atoms with Crippen LogP contribution in [0.2, 0.25) is 0 Å². The topological polar surface area (TPSA) is 31.0 Å². The molecule has 3 nitrogen and oxygen atoms in total. The number of epoxide rings is 1. The normalized spacial score (nSPS) is 15.6. The van der Waals surface area contributed by atoms with Crippen molar-refractivity contribution in [3.05, 3.63) is 72.8 Å². The van der Waals surface area contributed by atoms with Crippen molar-refractivity contribution in [1.29, 1.82) is 0 Å². The SMILES string of the molecule is COc1ccc(-c2ccc(-c3ccc(OCC4CO4)cc3)cc2)cc1. The number of rotatable bonds is 6. The molecule has 1 aliphatic rings. The molecule has 4 rings (SSSR count). The van der Waals surface area contributed by atoms with E-state index in [0.29, 0.717) is 6.61 Å². The third kappa shape index (κ3) is 3.83. The van der Waals surface area contributed by atoms with Crippen molar-refractivity contribution in [2.45, 2.75) is 6.10 Å². The minimum atomic E-state index is 0.283. The van der Waals surface area contributed by atoms with Crippen molar-refractivity contribution in [3.63, 3.8) is 0 Å². The summed E-state index contributed by atoms with van der Waals surface area (Å²) in [5.41, 5.74) is 4.74. The van der Waals surface area contributed by atoms with E-state index in [1.54, 1.807) is 7.11 Å². The van der Waals surface area contributed by atoms with E-state index < -0.39 is 0 Å². The van der Waals surface area contributed by atoms with E-state index in [1.165, 1.54) is 22.3 Å². The van der Waals surface area contributed by atoms with Gasteiger partial charge in [0.15, 0.2) is 0 Å². The number of ether oxygens (including phenoxy) is 3. The zero-order valence-corrected chi connectivity index (χ0v) is 14.1. The van der Waals surface area contributed by atoms with Gasteiger partial charge in [-0.15, -0.1) is 0 Å². The lowest BCUT2D eigenvalue weighted by Gasteiger charge is -2.08. The molecule has 0 aromatic heterocycles. The number of benzene rings is 3. The molecule has 0 saturated carbocycles. The van der Waals surface area contributed by atoms with Crippen molar-refractivity contribution in [1.82, 2.24) is 0 Å². The molecule has 0 spiro atoms. The number of methoxy groups -OCH3 is 1. The minimum Gasteiger partial charge on any atom is -0.497 e. The first-order valence-electron chi connectivity index (χ1n) is 8.41. The second kappa shape index (κ2) is 6.99. The largest absolute Gasteiger partial charge is 0.497 e. The molecule has 1 heterocycles. The van der Waals surface area contributed by atoms with Crippen LogP contribution in [-0.4, -0.2) is 26.4 Å². The van der Waals surface area contributed by atoms with Crippen LogP contribution in [0.3, 0.4) is 0 Å². The Balaban J connectivity index is 1.46. The maximum absolute atomic E-state index is 5.68. The van der Waals surface area contributed by atoms with Crippen molar-refractivity contribution in [3.8, 4) is 33.8 Å². The van der Waals surface area contributed by atoms with Crippen LogP contribution in [0.4, 0.5) is 0 Å². The van der Waals surface area contributed by atoms with Gasteiger partial charge in [-0.25, -0.2) is 0 Å². The first kappa shape index (κ1) is 15.7. The monoisotopic (exact) mass is 332 g/mol. The molecule has 1 aliphatic heterocycles. The average molecular weight is 332 g/mol. The molecule has 0 amide bonds. The predicted molar refractivity (Wildman–Crippen MR) is 99.1 cm³/mol. The summed E-state index contributed by atoms with van der Waals surface area (Å²) >= 11 is 0. The van der Waals surface area contributed by atoms with Gasteiger partial charge >= 0.3 is 0 Å². The molecular formula is C22H20O3. The highest BCUT2D eigenvalue weighted by atomic mass is 16.6. The van der Waals surface area contributed by atoms with Crippen molar-refractivity contribution >= 4 is 0 Å². The molecular weight excluding hydrogens is 312 g/mol. The number of hydrogen-bond donors (Lipinski definition) is 0. The molecule has 1 saturated heterocycles. The number of hydrogen-bond acceptors (Lipinski definition) is 3. The second-order valence-electron chi connectivity index (χ2n) is 6.10. The Hall–Kier alpha value is -2.78. The fourth-order valence-corrected chi connectivity index (χ4v) is 2.74. The zero-order chi connectivity index (χ0) is 17.1. The van der Waals surface area contributed by atoms with Crippen molar-refractivity contribution in [2.75, 3.05) is 20.3 Å². The van der Waals surface area contributed by atoms with Crippen LogP contribution in [-0.2, 0) is 4.74 Å². The fraction of sp³-hybridized carbons (Fsp3) is 0.182. The van der Waals surface area contributed by atoms with Gasteiger partial charge in [0.2, 0.25) is 0 Å². The van der Waals surface area contributed by atoms with E-state index in [2.05, 4.69) is 48.5 Å². The summed E-state index contributed by atoms with van der Waals surface area (Å²) in [4.78, 5) is 0. The lowest BCUT2D eigenvalue weighted by molar-refractivity contribution is 0.263. The summed E-state index contributed by atoms with van der Waals surface area (Å²) in [6, 6.07) is 24.9. The van der Waals surface area contributed by atoms with E-state index in [0.717, 1.165) is 18.1 Å². The first-order chi connectivity index (χ1) is 12.3. The Morgan fingerprint density at radius 1 is 0.720 bits per heavy atom. The fourth-order valence-electron chi connectivity index (χ4n) is 2.74. The van der Waals surface area contributed by atoms with Gasteiger partial charge in [0, 0.05) is 0 Å². The van der Waals surface area contributed by atoms with Crippen molar-refractivity contribution < 1.29 is 14.2 Å². The summed E-state index contributed by atoms with van der Waals surface area (Å²) in [6.07, 6.45) is 0.283. The molecule has 0 radical (unpaired) electrons. The molecule has 25 heavy (non-hydrogen) atoms. The summed E-state index contributed by atoms with van der Waals surface area (Å²) in [7, 11) is 1.68. The Morgan fingerprint density at radius 3 is 1.52 bits per heavy atom. The van der Waals surface area contributed by atoms with Crippen LogP contribution >= 0.6 is 0 Å². The second-order valence-corrected chi connectivity index (χ2v) is 6.10. The summed E-state index contributed by atoms with van der Waals surface area (Å²) in [6.45, 7) is 1.45. The van der Waals surface area contributed by atoms with Crippen LogP contribution in [0, 0.1) is 0 Å². The van der Waals surface area contributed by atoms with Gasteiger partial charge in [0.25, 0.3) is 0 Å². The van der Waals surface area contributed by atoms with Gasteiger partial charge in [-0.2, -0.15) is 0 Å².